The molecule has 0 radical (unpaired) electrons. The number of benzene rings is 2. The topological polar surface area (TPSA) is 246 Å². The Bertz CT molecular complexity index is 2870. The highest BCUT2D eigenvalue weighted by molar-refractivity contribution is 7.86. The minimum atomic E-state index is -4.58. The number of carbonyl (C=O) groups is 3. The number of hydrogen-bond acceptors (Lipinski definition) is 12. The van der Waals surface area contributed by atoms with Crippen LogP contribution in [0, 0.1) is 0 Å². The SMILES string of the molecule is CC1(C)C(/C=C/C(=C/C=C2/N(CCCS(=O)(=O)O)c3ccc(S(=O)(=O)O)cc3C2(C)C)c2cccc(CCC(=O)ON3C(=O)CCC3=O)c2)=Nc2c1cc(Cl)c[n+]2CCCS(=O)(=O)O. The zero-order chi connectivity index (χ0) is 47.0. The maximum absolute atomic E-state index is 12.7. The summed E-state index contributed by atoms with van der Waals surface area (Å²) in [6, 6.07) is 13.2. The molecule has 0 aliphatic carbocycles. The molecule has 17 nitrogen and oxygen atoms in total. The highest BCUT2D eigenvalue weighted by Gasteiger charge is 2.43. The van der Waals surface area contributed by atoms with Crippen LogP contribution >= 0.6 is 11.6 Å². The minimum absolute atomic E-state index is 0.0159. The molecule has 3 aliphatic rings. The van der Waals surface area contributed by atoms with Crippen molar-refractivity contribution in [1.29, 1.82) is 0 Å². The number of halogens is 1. The summed E-state index contributed by atoms with van der Waals surface area (Å²) in [5, 5.41) is 0.896. The third kappa shape index (κ3) is 11.2. The van der Waals surface area contributed by atoms with Gasteiger partial charge in [0.15, 0.2) is 5.71 Å². The van der Waals surface area contributed by atoms with Crippen LogP contribution < -0.4 is 9.47 Å². The molecule has 2 aromatic carbocycles. The summed E-state index contributed by atoms with van der Waals surface area (Å²) in [6.07, 6.45) is 9.01. The fourth-order valence-corrected chi connectivity index (χ4v) is 9.64. The molecule has 3 aromatic rings. The van der Waals surface area contributed by atoms with Crippen LogP contribution in [0.15, 0.2) is 94.6 Å². The molecule has 2 amide bonds. The van der Waals surface area contributed by atoms with Gasteiger partial charge in [0, 0.05) is 42.6 Å². The summed E-state index contributed by atoms with van der Waals surface area (Å²) in [6.45, 7) is 7.93. The van der Waals surface area contributed by atoms with Crippen molar-refractivity contribution in [3.8, 4) is 0 Å². The first-order valence-electron chi connectivity index (χ1n) is 20.1. The highest BCUT2D eigenvalue weighted by Crippen LogP contribution is 2.49. The molecule has 342 valence electrons. The number of pyridine rings is 1. The number of hydroxylamine groups is 2. The Kier molecular flexibility index (Phi) is 13.9. The lowest BCUT2D eigenvalue weighted by Gasteiger charge is -2.27. The van der Waals surface area contributed by atoms with Crippen LogP contribution in [0.3, 0.4) is 0 Å². The molecule has 21 heteroatoms. The summed E-state index contributed by atoms with van der Waals surface area (Å²) in [7, 11) is -13.1. The lowest BCUT2D eigenvalue weighted by molar-refractivity contribution is -0.684. The second-order valence-corrected chi connectivity index (χ2v) is 21.7. The van der Waals surface area contributed by atoms with Crippen molar-refractivity contribution in [3.05, 3.63) is 112 Å². The molecule has 6 rings (SSSR count). The van der Waals surface area contributed by atoms with Gasteiger partial charge in [0.25, 0.3) is 42.2 Å². The average molecular weight is 961 g/mol. The second kappa shape index (κ2) is 18.4. The maximum Gasteiger partial charge on any atom is 0.333 e. The number of fused-ring (bicyclic) bond motifs is 2. The van der Waals surface area contributed by atoms with Gasteiger partial charge in [0.2, 0.25) is 0 Å². The van der Waals surface area contributed by atoms with Gasteiger partial charge in [-0.25, -0.2) is 9.36 Å². The van der Waals surface area contributed by atoms with Crippen LogP contribution in [-0.4, -0.2) is 85.5 Å². The first-order valence-corrected chi connectivity index (χ1v) is 25.2. The molecule has 3 aliphatic heterocycles. The van der Waals surface area contributed by atoms with E-state index in [2.05, 4.69) is 0 Å². The van der Waals surface area contributed by atoms with E-state index < -0.39 is 70.5 Å². The number of amides is 2. The Morgan fingerprint density at radius 2 is 1.56 bits per heavy atom. The van der Waals surface area contributed by atoms with E-state index in [0.29, 0.717) is 55.3 Å². The fourth-order valence-electron chi connectivity index (χ4n) is 7.92. The van der Waals surface area contributed by atoms with Gasteiger partial charge in [-0.1, -0.05) is 61.9 Å². The largest absolute Gasteiger partial charge is 0.344 e. The lowest BCUT2D eigenvalue weighted by Crippen LogP contribution is -2.36. The maximum atomic E-state index is 12.7. The van der Waals surface area contributed by atoms with Crippen molar-refractivity contribution in [2.24, 2.45) is 4.99 Å². The zero-order valence-corrected chi connectivity index (χ0v) is 38.6. The fraction of sp³-hybridized carbons (Fsp3) is 0.372. The molecule has 3 N–H and O–H groups in total. The van der Waals surface area contributed by atoms with E-state index in [0.717, 1.165) is 5.56 Å². The number of anilines is 1. The quantitative estimate of drug-likeness (QED) is 0.0640. The monoisotopic (exact) mass is 959 g/mol. The number of imide groups is 1. The number of nitrogens with zero attached hydrogens (tertiary/aromatic N) is 4. The van der Waals surface area contributed by atoms with Crippen LogP contribution in [0.25, 0.3) is 5.57 Å². The molecule has 0 bridgehead atoms. The number of aliphatic imine (C=N–C) groups is 1. The van der Waals surface area contributed by atoms with E-state index in [9.17, 15) is 53.3 Å². The van der Waals surface area contributed by atoms with Crippen molar-refractivity contribution >= 4 is 82.5 Å². The summed E-state index contributed by atoms with van der Waals surface area (Å²) in [5.74, 6) is -2.37. The normalized spacial score (nSPS) is 18.0. The standard InChI is InChI=1S/C43H47ClN4O13S3/c1-42(2)34-25-31(44)27-46(20-6-22-62(52,53)54)41(34)45-36(42)15-11-29(30-9-5-8-28(24-30)10-19-40(51)61-48-38(49)17-18-39(48)50)12-16-37-43(3,4)33-26-32(64(58,59)60)13-14-35(33)47(37)21-7-23-63(55,56)57/h5,8-9,11-16,24-27H,6-7,10,17-23H2,1-4H3,(H2-,52,53,54,55,56,57,58,59,60)/p+1. The molecule has 0 atom stereocenters. The van der Waals surface area contributed by atoms with Crippen LogP contribution in [0.5, 0.6) is 0 Å². The Labute approximate surface area is 377 Å². The Hall–Kier alpha value is -5.09. The molecular weight excluding hydrogens is 912 g/mol. The third-order valence-corrected chi connectivity index (χ3v) is 13.9. The van der Waals surface area contributed by atoms with Gasteiger partial charge < -0.3 is 9.74 Å². The van der Waals surface area contributed by atoms with E-state index in [4.69, 9.17) is 21.4 Å². The molecule has 64 heavy (non-hydrogen) atoms. The summed E-state index contributed by atoms with van der Waals surface area (Å²) in [4.78, 5) is 48.2. The van der Waals surface area contributed by atoms with E-state index in [1.54, 1.807) is 29.0 Å². The smallest absolute Gasteiger partial charge is 0.333 e. The van der Waals surface area contributed by atoms with Gasteiger partial charge in [0.05, 0.1) is 45.4 Å². The molecule has 0 spiro atoms. The number of aromatic nitrogens is 1. The minimum Gasteiger partial charge on any atom is -0.344 e. The number of rotatable bonds is 17. The van der Waals surface area contributed by atoms with Crippen molar-refractivity contribution in [3.63, 3.8) is 0 Å². The van der Waals surface area contributed by atoms with Crippen LogP contribution in [-0.2, 0) is 73.4 Å². The zero-order valence-electron chi connectivity index (χ0n) is 35.4. The number of aryl methyl sites for hydroxylation is 2. The first-order chi connectivity index (χ1) is 29.7. The second-order valence-electron chi connectivity index (χ2n) is 16.7. The van der Waals surface area contributed by atoms with Crippen molar-refractivity contribution in [2.45, 2.75) is 88.5 Å². The van der Waals surface area contributed by atoms with Crippen molar-refractivity contribution in [1.82, 2.24) is 5.06 Å². The number of carbonyl (C=O) groups excluding carboxylic acids is 3. The molecule has 4 heterocycles. The van der Waals surface area contributed by atoms with E-state index in [1.165, 1.54) is 18.2 Å². The molecular formula is C43H48ClN4O13S3+. The van der Waals surface area contributed by atoms with Gasteiger partial charge in [0.1, 0.15) is 6.20 Å². The third-order valence-electron chi connectivity index (χ3n) is 11.3. The van der Waals surface area contributed by atoms with Crippen LogP contribution in [0.4, 0.5) is 11.5 Å². The highest BCUT2D eigenvalue weighted by atomic mass is 35.5. The molecule has 1 aromatic heterocycles. The first kappa shape index (κ1) is 48.4. The van der Waals surface area contributed by atoms with Gasteiger partial charge in [-0.05, 0) is 90.4 Å². The van der Waals surface area contributed by atoms with Gasteiger partial charge in [-0.15, -0.1) is 5.06 Å². The van der Waals surface area contributed by atoms with Crippen LogP contribution in [0.1, 0.15) is 82.1 Å². The molecule has 1 fully saturated rings. The Morgan fingerprint density at radius 3 is 2.22 bits per heavy atom. The summed E-state index contributed by atoms with van der Waals surface area (Å²) in [5.41, 5.74) is 3.56. The van der Waals surface area contributed by atoms with E-state index >= 15 is 0 Å². The molecule has 1 saturated heterocycles. The average Bonchev–Trinajstić information content (AvgIpc) is 3.72. The van der Waals surface area contributed by atoms with Gasteiger partial charge in [-0.2, -0.15) is 25.3 Å². The van der Waals surface area contributed by atoms with E-state index in [1.807, 2.05) is 69.0 Å². The van der Waals surface area contributed by atoms with Crippen molar-refractivity contribution in [2.75, 3.05) is 23.0 Å². The summed E-state index contributed by atoms with van der Waals surface area (Å²) < 4.78 is 101. The van der Waals surface area contributed by atoms with Gasteiger partial charge >= 0.3 is 11.8 Å². The molecule has 0 unspecified atom stereocenters. The Morgan fingerprint density at radius 1 is 0.891 bits per heavy atom. The lowest BCUT2D eigenvalue weighted by atomic mass is 9.81. The summed E-state index contributed by atoms with van der Waals surface area (Å²) >= 11 is 6.53. The number of hydrogen-bond donors (Lipinski definition) is 3. The Balaban J connectivity index is 1.42. The predicted molar refractivity (Wildman–Crippen MR) is 238 cm³/mol. The molecule has 0 saturated carbocycles. The predicted octanol–water partition coefficient (Wildman–Crippen LogP) is 5.66. The van der Waals surface area contributed by atoms with Gasteiger partial charge in [-0.3, -0.25) is 23.2 Å². The van der Waals surface area contributed by atoms with E-state index in [-0.39, 0.29) is 56.5 Å². The van der Waals surface area contributed by atoms with Crippen molar-refractivity contribution < 1.29 is 62.7 Å². The number of allylic oxidation sites excluding steroid dienone is 6. The van der Waals surface area contributed by atoms with Crippen LogP contribution in [0.2, 0.25) is 5.02 Å².